The second kappa shape index (κ2) is 7.63. The van der Waals surface area contributed by atoms with Gasteiger partial charge in [0.25, 0.3) is 5.91 Å². The molecule has 3 rings (SSSR count). The van der Waals surface area contributed by atoms with Gasteiger partial charge in [-0.25, -0.2) is 0 Å². The Morgan fingerprint density at radius 1 is 1.04 bits per heavy atom. The van der Waals surface area contributed by atoms with Crippen LogP contribution in [0.3, 0.4) is 0 Å². The molecule has 4 nitrogen and oxygen atoms in total. The van der Waals surface area contributed by atoms with Crippen LogP contribution in [0.15, 0.2) is 48.5 Å². The molecule has 2 unspecified atom stereocenters. The Bertz CT molecular complexity index is 800. The van der Waals surface area contributed by atoms with Gasteiger partial charge in [0, 0.05) is 11.7 Å². The van der Waals surface area contributed by atoms with Gasteiger partial charge in [-0.1, -0.05) is 38.1 Å². The van der Waals surface area contributed by atoms with Crippen LogP contribution in [0.5, 0.6) is 5.75 Å². The molecular weight excluding hydrogens is 336 g/mol. The highest BCUT2D eigenvalue weighted by molar-refractivity contribution is 6.02. The number of hydrogen-bond acceptors (Lipinski definition) is 3. The molecule has 1 amide bonds. The van der Waals surface area contributed by atoms with Crippen LogP contribution < -0.4 is 10.1 Å². The summed E-state index contributed by atoms with van der Waals surface area (Å²) in [5, 5.41) is 3.70. The Morgan fingerprint density at radius 2 is 1.70 bits per heavy atom. The van der Waals surface area contributed by atoms with Gasteiger partial charge in [0.15, 0.2) is 0 Å². The Morgan fingerprint density at radius 3 is 2.30 bits per heavy atom. The van der Waals surface area contributed by atoms with Crippen molar-refractivity contribution in [3.8, 4) is 5.75 Å². The molecule has 0 radical (unpaired) electrons. The molecule has 0 bridgehead atoms. The van der Waals surface area contributed by atoms with E-state index in [1.54, 1.807) is 0 Å². The van der Waals surface area contributed by atoms with E-state index in [4.69, 9.17) is 4.74 Å². The molecule has 1 aliphatic heterocycles. The van der Waals surface area contributed by atoms with Gasteiger partial charge in [-0.15, -0.1) is 0 Å². The van der Waals surface area contributed by atoms with Crippen molar-refractivity contribution in [2.24, 2.45) is 0 Å². The Labute approximate surface area is 162 Å². The van der Waals surface area contributed by atoms with E-state index in [9.17, 15) is 4.79 Å². The van der Waals surface area contributed by atoms with Crippen LogP contribution in [0.1, 0.15) is 63.4 Å². The number of fused-ring (bicyclic) bond motifs is 1. The first-order valence-corrected chi connectivity index (χ1v) is 9.91. The van der Waals surface area contributed by atoms with Gasteiger partial charge in [0.1, 0.15) is 11.4 Å². The second-order valence-corrected chi connectivity index (χ2v) is 7.51. The van der Waals surface area contributed by atoms with E-state index >= 15 is 0 Å². The average molecular weight is 367 g/mol. The van der Waals surface area contributed by atoms with Crippen molar-refractivity contribution in [3.63, 3.8) is 0 Å². The van der Waals surface area contributed by atoms with Crippen LogP contribution in [-0.4, -0.2) is 23.0 Å². The minimum absolute atomic E-state index is 0.0862. The first-order chi connectivity index (χ1) is 12.9. The number of nitrogens with zero attached hydrogens (tertiary/aromatic N) is 1. The van der Waals surface area contributed by atoms with Crippen LogP contribution >= 0.6 is 0 Å². The number of ether oxygens (including phenoxy) is 1. The van der Waals surface area contributed by atoms with Gasteiger partial charge in [0.2, 0.25) is 0 Å². The number of carbonyl (C=O) groups is 1. The van der Waals surface area contributed by atoms with Gasteiger partial charge in [-0.05, 0) is 63.4 Å². The maximum atomic E-state index is 13.4. The minimum atomic E-state index is -0.572. The molecule has 4 heteroatoms. The van der Waals surface area contributed by atoms with Crippen LogP contribution in [0.25, 0.3) is 0 Å². The maximum Gasteiger partial charge on any atom is 0.258 e. The largest absolute Gasteiger partial charge is 0.491 e. The molecule has 0 saturated carbocycles. The van der Waals surface area contributed by atoms with Crippen molar-refractivity contribution in [2.45, 2.75) is 65.3 Å². The predicted octanol–water partition coefficient (Wildman–Crippen LogP) is 5.40. The summed E-state index contributed by atoms with van der Waals surface area (Å²) in [6, 6.07) is 16.0. The summed E-state index contributed by atoms with van der Waals surface area (Å²) in [6.07, 6.45) is 1.79. The van der Waals surface area contributed by atoms with Crippen molar-refractivity contribution in [1.29, 1.82) is 0 Å². The third-order valence-electron chi connectivity index (χ3n) is 5.38. The summed E-state index contributed by atoms with van der Waals surface area (Å²) in [4.78, 5) is 15.5. The number of hydrogen-bond donors (Lipinski definition) is 1. The van der Waals surface area contributed by atoms with Crippen LogP contribution in [0, 0.1) is 0 Å². The van der Waals surface area contributed by atoms with Gasteiger partial charge in [-0.2, -0.15) is 0 Å². The Hall–Kier alpha value is -2.49. The zero-order valence-electron chi connectivity index (χ0n) is 17.0. The van der Waals surface area contributed by atoms with E-state index in [-0.39, 0.29) is 18.1 Å². The number of carbonyl (C=O) groups excluding carboxylic acids is 1. The minimum Gasteiger partial charge on any atom is -0.491 e. The normalized spacial score (nSPS) is 20.2. The number of anilines is 1. The fourth-order valence-corrected chi connectivity index (χ4v) is 3.88. The smallest absolute Gasteiger partial charge is 0.258 e. The molecule has 1 heterocycles. The van der Waals surface area contributed by atoms with Gasteiger partial charge >= 0.3 is 0 Å². The third-order valence-corrected chi connectivity index (χ3v) is 5.38. The lowest BCUT2D eigenvalue weighted by Gasteiger charge is -2.51. The van der Waals surface area contributed by atoms with E-state index in [2.05, 4.69) is 38.2 Å². The van der Waals surface area contributed by atoms with Crippen molar-refractivity contribution >= 4 is 11.6 Å². The quantitative estimate of drug-likeness (QED) is 0.744. The highest BCUT2D eigenvalue weighted by Crippen LogP contribution is 2.42. The SMILES string of the molecule is CCC(C)N1C(=O)c2ccccc2NC1(CC)c1ccc(OC(C)C)cc1. The number of nitrogens with one attached hydrogen (secondary N) is 1. The zero-order valence-corrected chi connectivity index (χ0v) is 17.0. The molecule has 2 atom stereocenters. The van der Waals surface area contributed by atoms with Gasteiger partial charge in [-0.3, -0.25) is 4.79 Å². The topological polar surface area (TPSA) is 41.6 Å². The van der Waals surface area contributed by atoms with Crippen molar-refractivity contribution in [1.82, 2.24) is 4.90 Å². The number of rotatable bonds is 6. The van der Waals surface area contributed by atoms with Crippen molar-refractivity contribution < 1.29 is 9.53 Å². The molecule has 0 aromatic heterocycles. The fraction of sp³-hybridized carbons (Fsp3) is 0.435. The Balaban J connectivity index is 2.11. The maximum absolute atomic E-state index is 13.4. The van der Waals surface area contributed by atoms with Gasteiger partial charge in [0.05, 0.1) is 11.7 Å². The lowest BCUT2D eigenvalue weighted by Crippen LogP contribution is -2.60. The highest BCUT2D eigenvalue weighted by Gasteiger charge is 2.46. The standard InChI is InChI=1S/C23H30N2O2/c1-6-17(5)25-22(26)20-10-8-9-11-21(20)24-23(25,7-2)18-12-14-19(15-13-18)27-16(3)4/h8-17,24H,6-7H2,1-5H3. The van der Waals surface area contributed by atoms with E-state index in [0.29, 0.717) is 0 Å². The summed E-state index contributed by atoms with van der Waals surface area (Å²) in [6.45, 7) is 10.4. The summed E-state index contributed by atoms with van der Waals surface area (Å²) in [7, 11) is 0. The van der Waals surface area contributed by atoms with E-state index in [0.717, 1.165) is 35.4 Å². The summed E-state index contributed by atoms with van der Waals surface area (Å²) < 4.78 is 5.79. The lowest BCUT2D eigenvalue weighted by atomic mass is 9.88. The molecular formula is C23H30N2O2. The summed E-state index contributed by atoms with van der Waals surface area (Å²) in [5.41, 5.74) is 2.13. The first kappa shape index (κ1) is 19.3. The van der Waals surface area contributed by atoms with E-state index in [1.165, 1.54) is 0 Å². The molecule has 144 valence electrons. The number of para-hydroxylation sites is 1. The third kappa shape index (κ3) is 3.41. The van der Waals surface area contributed by atoms with Gasteiger partial charge < -0.3 is 15.0 Å². The lowest BCUT2D eigenvalue weighted by molar-refractivity contribution is 0.0335. The fourth-order valence-electron chi connectivity index (χ4n) is 3.88. The number of benzene rings is 2. The Kier molecular flexibility index (Phi) is 5.45. The second-order valence-electron chi connectivity index (χ2n) is 7.51. The van der Waals surface area contributed by atoms with Crippen LogP contribution in [0.2, 0.25) is 0 Å². The zero-order chi connectivity index (χ0) is 19.6. The molecule has 1 N–H and O–H groups in total. The predicted molar refractivity (Wildman–Crippen MR) is 110 cm³/mol. The molecule has 0 spiro atoms. The van der Waals surface area contributed by atoms with Crippen molar-refractivity contribution in [2.75, 3.05) is 5.32 Å². The van der Waals surface area contributed by atoms with E-state index in [1.807, 2.05) is 55.1 Å². The van der Waals surface area contributed by atoms with Crippen molar-refractivity contribution in [3.05, 3.63) is 59.7 Å². The first-order valence-electron chi connectivity index (χ1n) is 9.91. The molecule has 1 aliphatic rings. The average Bonchev–Trinajstić information content (AvgIpc) is 2.67. The van der Waals surface area contributed by atoms with E-state index < -0.39 is 5.66 Å². The van der Waals surface area contributed by atoms with Crippen LogP contribution in [0.4, 0.5) is 5.69 Å². The highest BCUT2D eigenvalue weighted by atomic mass is 16.5. The number of amides is 1. The monoisotopic (exact) mass is 366 g/mol. The summed E-state index contributed by atoms with van der Waals surface area (Å²) in [5.74, 6) is 0.931. The molecule has 2 aromatic rings. The molecule has 0 saturated heterocycles. The molecule has 2 aromatic carbocycles. The molecule has 0 fully saturated rings. The van der Waals surface area contributed by atoms with Crippen LogP contribution in [-0.2, 0) is 5.66 Å². The molecule has 27 heavy (non-hydrogen) atoms. The summed E-state index contributed by atoms with van der Waals surface area (Å²) >= 11 is 0. The molecule has 0 aliphatic carbocycles.